The highest BCUT2D eigenvalue weighted by Crippen LogP contribution is 2.28. The van der Waals surface area contributed by atoms with Crippen molar-refractivity contribution in [3.8, 4) is 11.5 Å². The second-order valence-electron chi connectivity index (χ2n) is 5.17. The van der Waals surface area contributed by atoms with Gasteiger partial charge in [0.2, 0.25) is 5.91 Å². The highest BCUT2D eigenvalue weighted by Gasteiger charge is 2.05. The molecule has 0 aromatic heterocycles. The van der Waals surface area contributed by atoms with Crippen LogP contribution in [0.2, 0.25) is 5.02 Å². The molecule has 1 amide bonds. The molecular weight excluding hydrogens is 330 g/mol. The van der Waals surface area contributed by atoms with Gasteiger partial charge in [0.15, 0.2) is 0 Å². The maximum absolute atomic E-state index is 11.4. The largest absolute Gasteiger partial charge is 0.481 e. The standard InChI is InChI=1S/C18H18ClNO4/c19-15-3-1-2-4-16(15)24-14-7-5-13(6-8-14)11-12-20-17(21)9-10-18(22)23/h1-8H,9-12H2,(H,20,21)(H,22,23). The molecule has 0 aliphatic rings. The smallest absolute Gasteiger partial charge is 0.303 e. The van der Waals surface area contributed by atoms with Gasteiger partial charge in [0.25, 0.3) is 0 Å². The fourth-order valence-corrected chi connectivity index (χ4v) is 2.21. The number of hydrogen-bond acceptors (Lipinski definition) is 3. The van der Waals surface area contributed by atoms with Crippen LogP contribution in [0.25, 0.3) is 0 Å². The van der Waals surface area contributed by atoms with Crippen molar-refractivity contribution >= 4 is 23.5 Å². The number of carbonyl (C=O) groups is 2. The van der Waals surface area contributed by atoms with E-state index in [1.54, 1.807) is 12.1 Å². The molecule has 2 aromatic rings. The Balaban J connectivity index is 1.79. The molecule has 0 heterocycles. The number of halogens is 1. The number of carboxylic acids is 1. The highest BCUT2D eigenvalue weighted by atomic mass is 35.5. The van der Waals surface area contributed by atoms with E-state index < -0.39 is 5.97 Å². The van der Waals surface area contributed by atoms with Crippen LogP contribution in [-0.2, 0) is 16.0 Å². The maximum Gasteiger partial charge on any atom is 0.303 e. The molecule has 126 valence electrons. The Morgan fingerprint density at radius 2 is 1.75 bits per heavy atom. The van der Waals surface area contributed by atoms with Gasteiger partial charge >= 0.3 is 5.97 Å². The van der Waals surface area contributed by atoms with E-state index >= 15 is 0 Å². The first-order chi connectivity index (χ1) is 11.5. The van der Waals surface area contributed by atoms with Crippen molar-refractivity contribution in [1.82, 2.24) is 5.32 Å². The summed E-state index contributed by atoms with van der Waals surface area (Å²) in [7, 11) is 0. The average Bonchev–Trinajstić information content (AvgIpc) is 2.56. The normalized spacial score (nSPS) is 10.2. The van der Waals surface area contributed by atoms with Crippen LogP contribution in [0.15, 0.2) is 48.5 Å². The first-order valence-electron chi connectivity index (χ1n) is 7.54. The summed E-state index contributed by atoms with van der Waals surface area (Å²) in [5.74, 6) is 0.0466. The molecule has 0 fully saturated rings. The molecule has 0 saturated carbocycles. The number of carbonyl (C=O) groups excluding carboxylic acids is 1. The molecule has 0 saturated heterocycles. The Morgan fingerprint density at radius 3 is 2.42 bits per heavy atom. The van der Waals surface area contributed by atoms with Crippen molar-refractivity contribution in [2.45, 2.75) is 19.3 Å². The molecule has 0 atom stereocenters. The molecular formula is C18H18ClNO4. The van der Waals surface area contributed by atoms with E-state index in [9.17, 15) is 9.59 Å². The number of aliphatic carboxylic acids is 1. The fraction of sp³-hybridized carbons (Fsp3) is 0.222. The molecule has 2 aromatic carbocycles. The van der Waals surface area contributed by atoms with Crippen LogP contribution < -0.4 is 10.1 Å². The molecule has 0 spiro atoms. The van der Waals surface area contributed by atoms with Crippen molar-refractivity contribution < 1.29 is 19.4 Å². The quantitative estimate of drug-likeness (QED) is 0.764. The summed E-state index contributed by atoms with van der Waals surface area (Å²) in [5, 5.41) is 11.8. The first kappa shape index (κ1) is 17.8. The molecule has 0 bridgehead atoms. The number of rotatable bonds is 8. The fourth-order valence-electron chi connectivity index (χ4n) is 2.03. The summed E-state index contributed by atoms with van der Waals surface area (Å²) in [4.78, 5) is 21.8. The lowest BCUT2D eigenvalue weighted by Crippen LogP contribution is -2.25. The van der Waals surface area contributed by atoms with Crippen LogP contribution in [-0.4, -0.2) is 23.5 Å². The minimum atomic E-state index is -0.973. The molecule has 0 aliphatic heterocycles. The lowest BCUT2D eigenvalue weighted by molar-refractivity contribution is -0.138. The molecule has 6 heteroatoms. The van der Waals surface area contributed by atoms with E-state index in [1.807, 2.05) is 36.4 Å². The van der Waals surface area contributed by atoms with Gasteiger partial charge in [-0.05, 0) is 36.2 Å². The van der Waals surface area contributed by atoms with E-state index in [4.69, 9.17) is 21.4 Å². The van der Waals surface area contributed by atoms with Gasteiger partial charge in [0, 0.05) is 13.0 Å². The van der Waals surface area contributed by atoms with Crippen LogP contribution >= 0.6 is 11.6 Å². The molecule has 5 nitrogen and oxygen atoms in total. The zero-order valence-electron chi connectivity index (χ0n) is 13.0. The van der Waals surface area contributed by atoms with Crippen LogP contribution in [0.5, 0.6) is 11.5 Å². The Labute approximate surface area is 145 Å². The second kappa shape index (κ2) is 8.93. The second-order valence-corrected chi connectivity index (χ2v) is 5.58. The molecule has 0 unspecified atom stereocenters. The van der Waals surface area contributed by atoms with Crippen LogP contribution in [0.3, 0.4) is 0 Å². The van der Waals surface area contributed by atoms with Crippen molar-refractivity contribution in [2.75, 3.05) is 6.54 Å². The van der Waals surface area contributed by atoms with Gasteiger partial charge < -0.3 is 15.2 Å². The van der Waals surface area contributed by atoms with Crippen LogP contribution in [0, 0.1) is 0 Å². The monoisotopic (exact) mass is 347 g/mol. The SMILES string of the molecule is O=C(O)CCC(=O)NCCc1ccc(Oc2ccccc2Cl)cc1. The van der Waals surface area contributed by atoms with Gasteiger partial charge in [-0.3, -0.25) is 9.59 Å². The van der Waals surface area contributed by atoms with Crippen molar-refractivity contribution in [1.29, 1.82) is 0 Å². The predicted molar refractivity (Wildman–Crippen MR) is 91.6 cm³/mol. The van der Waals surface area contributed by atoms with E-state index in [0.29, 0.717) is 29.5 Å². The molecule has 24 heavy (non-hydrogen) atoms. The third kappa shape index (κ3) is 5.93. The molecule has 0 aliphatic carbocycles. The summed E-state index contributed by atoms with van der Waals surface area (Å²) >= 11 is 6.05. The number of nitrogens with one attached hydrogen (secondary N) is 1. The number of hydrogen-bond donors (Lipinski definition) is 2. The molecule has 2 rings (SSSR count). The van der Waals surface area contributed by atoms with Gasteiger partial charge in [0.05, 0.1) is 11.4 Å². The Hall–Kier alpha value is -2.53. The van der Waals surface area contributed by atoms with Crippen molar-refractivity contribution in [2.24, 2.45) is 0 Å². The minimum absolute atomic E-state index is 0.0000534. The number of amides is 1. The predicted octanol–water partition coefficient (Wildman–Crippen LogP) is 3.66. The zero-order chi connectivity index (χ0) is 17.4. The van der Waals surface area contributed by atoms with E-state index in [-0.39, 0.29) is 18.7 Å². The van der Waals surface area contributed by atoms with Gasteiger partial charge in [-0.2, -0.15) is 0 Å². The Bertz CT molecular complexity index is 700. The van der Waals surface area contributed by atoms with Crippen molar-refractivity contribution in [3.05, 3.63) is 59.1 Å². The van der Waals surface area contributed by atoms with Gasteiger partial charge in [-0.1, -0.05) is 35.9 Å². The summed E-state index contributed by atoms with van der Waals surface area (Å²) < 4.78 is 5.70. The van der Waals surface area contributed by atoms with E-state index in [2.05, 4.69) is 5.32 Å². The summed E-state index contributed by atoms with van der Waals surface area (Å²) in [5.41, 5.74) is 1.04. The minimum Gasteiger partial charge on any atom is -0.481 e. The maximum atomic E-state index is 11.4. The number of benzene rings is 2. The van der Waals surface area contributed by atoms with Crippen LogP contribution in [0.4, 0.5) is 0 Å². The van der Waals surface area contributed by atoms with Crippen LogP contribution in [0.1, 0.15) is 18.4 Å². The van der Waals surface area contributed by atoms with Gasteiger partial charge in [0.1, 0.15) is 11.5 Å². The first-order valence-corrected chi connectivity index (χ1v) is 7.92. The van der Waals surface area contributed by atoms with Gasteiger partial charge in [-0.25, -0.2) is 0 Å². The van der Waals surface area contributed by atoms with E-state index in [0.717, 1.165) is 5.56 Å². The Kier molecular flexibility index (Phi) is 6.63. The zero-order valence-corrected chi connectivity index (χ0v) is 13.8. The highest BCUT2D eigenvalue weighted by molar-refractivity contribution is 6.32. The Morgan fingerprint density at radius 1 is 1.04 bits per heavy atom. The average molecular weight is 348 g/mol. The van der Waals surface area contributed by atoms with Gasteiger partial charge in [-0.15, -0.1) is 0 Å². The third-order valence-electron chi connectivity index (χ3n) is 3.29. The number of para-hydroxylation sites is 1. The topological polar surface area (TPSA) is 75.6 Å². The van der Waals surface area contributed by atoms with Crippen molar-refractivity contribution in [3.63, 3.8) is 0 Å². The summed E-state index contributed by atoms with van der Waals surface area (Å²) in [6, 6.07) is 14.7. The van der Waals surface area contributed by atoms with E-state index in [1.165, 1.54) is 0 Å². The molecule has 2 N–H and O–H groups in total. The lowest BCUT2D eigenvalue weighted by atomic mass is 10.1. The number of carboxylic acid groups (broad SMARTS) is 1. The lowest BCUT2D eigenvalue weighted by Gasteiger charge is -2.08. The summed E-state index contributed by atoms with van der Waals surface area (Å²) in [6.45, 7) is 0.461. The third-order valence-corrected chi connectivity index (χ3v) is 3.60. The number of ether oxygens (including phenoxy) is 1. The summed E-state index contributed by atoms with van der Waals surface area (Å²) in [6.07, 6.45) is 0.505. The molecule has 0 radical (unpaired) electrons.